The van der Waals surface area contributed by atoms with E-state index in [-0.39, 0.29) is 6.61 Å². The largest absolute Gasteiger partial charge is 0.395 e. The first-order valence-electron chi connectivity index (χ1n) is 5.96. The van der Waals surface area contributed by atoms with E-state index >= 15 is 0 Å². The highest BCUT2D eigenvalue weighted by molar-refractivity contribution is 5.09. The van der Waals surface area contributed by atoms with E-state index in [4.69, 9.17) is 5.11 Å². The molecule has 92 valence electrons. The van der Waals surface area contributed by atoms with Gasteiger partial charge in [-0.25, -0.2) is 0 Å². The highest BCUT2D eigenvalue weighted by atomic mass is 16.3. The fourth-order valence-corrected chi connectivity index (χ4v) is 1.86. The molecule has 0 aromatic carbocycles. The second-order valence-corrected chi connectivity index (χ2v) is 4.38. The number of aliphatic hydroxyl groups is 1. The lowest BCUT2D eigenvalue weighted by atomic mass is 10.2. The summed E-state index contributed by atoms with van der Waals surface area (Å²) in [7, 11) is 0. The van der Waals surface area contributed by atoms with E-state index in [0.29, 0.717) is 12.6 Å². The summed E-state index contributed by atoms with van der Waals surface area (Å²) in [6, 6.07) is 2.56. The Bertz CT molecular complexity index is 320. The third-order valence-corrected chi connectivity index (χ3v) is 2.77. The molecule has 1 aromatic rings. The van der Waals surface area contributed by atoms with Crippen LogP contribution in [0.1, 0.15) is 32.2 Å². The molecule has 0 fully saturated rings. The summed E-state index contributed by atoms with van der Waals surface area (Å²) in [5, 5.41) is 13.5. The van der Waals surface area contributed by atoms with Gasteiger partial charge in [-0.1, -0.05) is 0 Å². The van der Waals surface area contributed by atoms with Crippen LogP contribution in [0.15, 0.2) is 6.07 Å². The fraction of sp³-hybridized carbons (Fsp3) is 0.750. The number of aromatic nitrogens is 2. The molecule has 0 aliphatic heterocycles. The molecule has 0 radical (unpaired) electrons. The molecule has 0 bridgehead atoms. The van der Waals surface area contributed by atoms with Crippen LogP contribution in [0.3, 0.4) is 0 Å². The van der Waals surface area contributed by atoms with Gasteiger partial charge in [-0.3, -0.25) is 9.58 Å². The lowest BCUT2D eigenvalue weighted by Gasteiger charge is -2.25. The molecule has 0 unspecified atom stereocenters. The first kappa shape index (κ1) is 13.2. The highest BCUT2D eigenvalue weighted by Gasteiger charge is 2.12. The van der Waals surface area contributed by atoms with E-state index in [9.17, 15) is 0 Å². The standard InChI is InChI=1S/C12H23N3O/c1-5-15-12(8-11(4)13-15)9-14(6-7-16)10(2)3/h8,10,16H,5-7,9H2,1-4H3. The van der Waals surface area contributed by atoms with Crippen molar-refractivity contribution in [2.45, 2.75) is 46.8 Å². The first-order valence-corrected chi connectivity index (χ1v) is 5.96. The summed E-state index contributed by atoms with van der Waals surface area (Å²) >= 11 is 0. The highest BCUT2D eigenvalue weighted by Crippen LogP contribution is 2.10. The van der Waals surface area contributed by atoms with Gasteiger partial charge in [0.15, 0.2) is 0 Å². The maximum atomic E-state index is 9.03. The van der Waals surface area contributed by atoms with Crippen LogP contribution in [-0.2, 0) is 13.1 Å². The number of aliphatic hydroxyl groups excluding tert-OH is 1. The predicted octanol–water partition coefficient (Wildman–Crippen LogP) is 1.41. The smallest absolute Gasteiger partial charge is 0.0597 e. The Balaban J connectivity index is 2.75. The Morgan fingerprint density at radius 1 is 1.50 bits per heavy atom. The Kier molecular flexibility index (Phi) is 4.96. The van der Waals surface area contributed by atoms with Crippen molar-refractivity contribution >= 4 is 0 Å². The molecule has 1 N–H and O–H groups in total. The summed E-state index contributed by atoms with van der Waals surface area (Å²) in [5.41, 5.74) is 2.28. The molecule has 1 heterocycles. The van der Waals surface area contributed by atoms with Gasteiger partial charge >= 0.3 is 0 Å². The van der Waals surface area contributed by atoms with Crippen LogP contribution in [0.5, 0.6) is 0 Å². The molecular formula is C12H23N3O. The van der Waals surface area contributed by atoms with Gasteiger partial charge in [-0.2, -0.15) is 5.10 Å². The predicted molar refractivity (Wildman–Crippen MR) is 65.3 cm³/mol. The average Bonchev–Trinajstić information content (AvgIpc) is 2.58. The summed E-state index contributed by atoms with van der Waals surface area (Å²) < 4.78 is 2.03. The zero-order chi connectivity index (χ0) is 12.1. The zero-order valence-corrected chi connectivity index (χ0v) is 10.8. The molecule has 4 nitrogen and oxygen atoms in total. The van der Waals surface area contributed by atoms with Crippen molar-refractivity contribution in [3.63, 3.8) is 0 Å². The Hall–Kier alpha value is -0.870. The van der Waals surface area contributed by atoms with Gasteiger partial charge in [-0.15, -0.1) is 0 Å². The van der Waals surface area contributed by atoms with Gasteiger partial charge in [0.2, 0.25) is 0 Å². The lowest BCUT2D eigenvalue weighted by molar-refractivity contribution is 0.156. The van der Waals surface area contributed by atoms with Gasteiger partial charge in [0.05, 0.1) is 18.0 Å². The molecule has 0 saturated heterocycles. The van der Waals surface area contributed by atoms with Gasteiger partial charge in [-0.05, 0) is 33.8 Å². The van der Waals surface area contributed by atoms with Gasteiger partial charge in [0.1, 0.15) is 0 Å². The molecule has 1 aromatic heterocycles. The van der Waals surface area contributed by atoms with Crippen molar-refractivity contribution in [2.75, 3.05) is 13.2 Å². The molecule has 0 aliphatic carbocycles. The van der Waals surface area contributed by atoms with Crippen molar-refractivity contribution in [1.29, 1.82) is 0 Å². The molecule has 4 heteroatoms. The van der Waals surface area contributed by atoms with E-state index in [1.165, 1.54) is 5.69 Å². The topological polar surface area (TPSA) is 41.3 Å². The Morgan fingerprint density at radius 2 is 2.19 bits per heavy atom. The normalized spacial score (nSPS) is 11.7. The number of hydrogen-bond acceptors (Lipinski definition) is 3. The molecule has 0 saturated carbocycles. The summed E-state index contributed by atoms with van der Waals surface area (Å²) in [4.78, 5) is 2.25. The van der Waals surface area contributed by atoms with E-state index in [1.54, 1.807) is 0 Å². The minimum absolute atomic E-state index is 0.206. The van der Waals surface area contributed by atoms with Crippen molar-refractivity contribution in [3.8, 4) is 0 Å². The van der Waals surface area contributed by atoms with Crippen molar-refractivity contribution < 1.29 is 5.11 Å². The monoisotopic (exact) mass is 225 g/mol. The first-order chi connectivity index (χ1) is 7.58. The van der Waals surface area contributed by atoms with Crippen molar-refractivity contribution in [3.05, 3.63) is 17.5 Å². The molecular weight excluding hydrogens is 202 g/mol. The van der Waals surface area contributed by atoms with Crippen LogP contribution in [0.4, 0.5) is 0 Å². The fourth-order valence-electron chi connectivity index (χ4n) is 1.86. The molecule has 0 spiro atoms. The quantitative estimate of drug-likeness (QED) is 0.796. The summed E-state index contributed by atoms with van der Waals surface area (Å²) in [6.07, 6.45) is 0. The third-order valence-electron chi connectivity index (χ3n) is 2.77. The average molecular weight is 225 g/mol. The van der Waals surface area contributed by atoms with E-state index in [0.717, 1.165) is 18.8 Å². The Labute approximate surface area is 97.9 Å². The lowest BCUT2D eigenvalue weighted by Crippen LogP contribution is -2.33. The van der Waals surface area contributed by atoms with Gasteiger partial charge in [0.25, 0.3) is 0 Å². The maximum absolute atomic E-state index is 9.03. The van der Waals surface area contributed by atoms with Crippen molar-refractivity contribution in [1.82, 2.24) is 14.7 Å². The maximum Gasteiger partial charge on any atom is 0.0597 e. The van der Waals surface area contributed by atoms with Crippen LogP contribution in [-0.4, -0.2) is 39.0 Å². The second-order valence-electron chi connectivity index (χ2n) is 4.38. The Morgan fingerprint density at radius 3 is 2.69 bits per heavy atom. The molecule has 0 amide bonds. The van der Waals surface area contributed by atoms with Crippen LogP contribution in [0.25, 0.3) is 0 Å². The molecule has 0 aliphatic rings. The minimum Gasteiger partial charge on any atom is -0.395 e. The van der Waals surface area contributed by atoms with Crippen LogP contribution in [0.2, 0.25) is 0 Å². The van der Waals surface area contributed by atoms with E-state index in [2.05, 4.69) is 36.8 Å². The van der Waals surface area contributed by atoms with Crippen LogP contribution < -0.4 is 0 Å². The van der Waals surface area contributed by atoms with Crippen LogP contribution >= 0.6 is 0 Å². The molecule has 16 heavy (non-hydrogen) atoms. The summed E-state index contributed by atoms with van der Waals surface area (Å²) in [6.45, 7) is 11.1. The third kappa shape index (κ3) is 3.32. The second kappa shape index (κ2) is 6.01. The number of rotatable bonds is 6. The number of aryl methyl sites for hydroxylation is 2. The summed E-state index contributed by atoms with van der Waals surface area (Å²) in [5.74, 6) is 0. The van der Waals surface area contributed by atoms with Crippen molar-refractivity contribution in [2.24, 2.45) is 0 Å². The van der Waals surface area contributed by atoms with Crippen LogP contribution in [0, 0.1) is 6.92 Å². The number of hydrogen-bond donors (Lipinski definition) is 1. The van der Waals surface area contributed by atoms with E-state index in [1.807, 2.05) is 11.6 Å². The zero-order valence-electron chi connectivity index (χ0n) is 10.8. The van der Waals surface area contributed by atoms with E-state index < -0.39 is 0 Å². The molecule has 0 atom stereocenters. The van der Waals surface area contributed by atoms with Gasteiger partial charge in [0, 0.05) is 25.7 Å². The SMILES string of the molecule is CCn1nc(C)cc1CN(CCO)C(C)C. The minimum atomic E-state index is 0.206. The molecule has 1 rings (SSSR count). The number of nitrogens with zero attached hydrogens (tertiary/aromatic N) is 3. The van der Waals surface area contributed by atoms with Gasteiger partial charge < -0.3 is 5.11 Å².